The van der Waals surface area contributed by atoms with Crippen molar-refractivity contribution in [1.29, 1.82) is 0 Å². The second-order valence-corrected chi connectivity index (χ2v) is 27.1. The predicted octanol–water partition coefficient (Wildman–Crippen LogP) is 5.10. The molecule has 0 atom stereocenters. The molecule has 0 N–H and O–H groups in total. The van der Waals surface area contributed by atoms with E-state index in [9.17, 15) is 0 Å². The third-order valence-electron chi connectivity index (χ3n) is 2.37. The third kappa shape index (κ3) is 10.7. The van der Waals surface area contributed by atoms with Crippen LogP contribution >= 0.6 is 0 Å². The van der Waals surface area contributed by atoms with Crippen molar-refractivity contribution in [3.63, 3.8) is 0 Å². The van der Waals surface area contributed by atoms with E-state index in [2.05, 4.69) is 65.5 Å². The fourth-order valence-electron chi connectivity index (χ4n) is 2.02. The van der Waals surface area contributed by atoms with Crippen molar-refractivity contribution in [1.82, 2.24) is 0 Å². The van der Waals surface area contributed by atoms with Crippen LogP contribution in [0.15, 0.2) is 0 Å². The molecule has 2 nitrogen and oxygen atoms in total. The summed E-state index contributed by atoms with van der Waals surface area (Å²) in [5.41, 5.74) is 0. The average Bonchev–Trinajstić information content (AvgIpc) is 1.91. The first kappa shape index (κ1) is 18.8. The maximum atomic E-state index is 6.51. The van der Waals surface area contributed by atoms with Crippen LogP contribution in [-0.2, 0) is 8.23 Å². The molecule has 0 bridgehead atoms. The molecule has 0 amide bonds. The molecule has 0 aromatic rings. The van der Waals surface area contributed by atoms with Gasteiger partial charge in [0.1, 0.15) is 0 Å². The van der Waals surface area contributed by atoms with Gasteiger partial charge >= 0.3 is 8.56 Å². The molecular weight excluding hydrogens is 288 g/mol. The Balaban J connectivity index is 4.81. The lowest BCUT2D eigenvalue weighted by atomic mass is 10.9. The van der Waals surface area contributed by atoms with E-state index >= 15 is 0 Å². The molecule has 0 aromatic heterocycles. The van der Waals surface area contributed by atoms with E-state index in [1.165, 1.54) is 12.1 Å². The molecule has 0 saturated carbocycles. The molecule has 0 aromatic carbocycles. The zero-order valence-electron chi connectivity index (χ0n) is 14.2. The SMILES string of the molecule is C[Si](C)(C)CC[Si](C)(O[Si](C)(C)C)O[Si](C)(C)C. The van der Waals surface area contributed by atoms with Crippen molar-refractivity contribution in [2.24, 2.45) is 0 Å². The topological polar surface area (TPSA) is 18.5 Å². The Kier molecular flexibility index (Phi) is 6.31. The fraction of sp³-hybridized carbons (Fsp3) is 1.00. The molecule has 0 heterocycles. The molecule has 0 aliphatic carbocycles. The predicted molar refractivity (Wildman–Crippen MR) is 93.4 cm³/mol. The highest BCUT2D eigenvalue weighted by atomic mass is 28.5. The molecule has 18 heavy (non-hydrogen) atoms. The third-order valence-corrected chi connectivity index (χ3v) is 14.1. The Morgan fingerprint density at radius 3 is 1.11 bits per heavy atom. The summed E-state index contributed by atoms with van der Waals surface area (Å²) in [6, 6.07) is 2.50. The van der Waals surface area contributed by atoms with Crippen molar-refractivity contribution in [3.05, 3.63) is 0 Å². The minimum Gasteiger partial charge on any atom is -0.437 e. The summed E-state index contributed by atoms with van der Waals surface area (Å²) in [5.74, 6) is 0. The normalized spacial score (nSPS) is 15.0. The Bertz CT molecular complexity index is 245. The van der Waals surface area contributed by atoms with Gasteiger partial charge in [0.2, 0.25) is 0 Å². The molecule has 0 rings (SSSR count). The summed E-state index contributed by atoms with van der Waals surface area (Å²) >= 11 is 0. The lowest BCUT2D eigenvalue weighted by Crippen LogP contribution is -2.53. The second-order valence-electron chi connectivity index (χ2n) is 8.62. The van der Waals surface area contributed by atoms with E-state index < -0.39 is 33.3 Å². The van der Waals surface area contributed by atoms with Crippen molar-refractivity contribution in [2.45, 2.75) is 77.6 Å². The Labute approximate surface area is 119 Å². The van der Waals surface area contributed by atoms with Crippen molar-refractivity contribution >= 4 is 33.3 Å². The second kappa shape index (κ2) is 6.05. The van der Waals surface area contributed by atoms with Crippen LogP contribution in [0.5, 0.6) is 0 Å². The van der Waals surface area contributed by atoms with E-state index in [1.807, 2.05) is 0 Å². The van der Waals surface area contributed by atoms with E-state index in [4.69, 9.17) is 8.23 Å². The van der Waals surface area contributed by atoms with Gasteiger partial charge in [-0.3, -0.25) is 0 Å². The fourth-order valence-corrected chi connectivity index (χ4v) is 18.6. The van der Waals surface area contributed by atoms with Crippen LogP contribution in [0.25, 0.3) is 0 Å². The van der Waals surface area contributed by atoms with Gasteiger partial charge in [-0.05, 0) is 51.9 Å². The molecule has 0 aliphatic heterocycles. The van der Waals surface area contributed by atoms with Gasteiger partial charge in [0, 0.05) is 8.07 Å². The highest BCUT2D eigenvalue weighted by molar-refractivity contribution is 6.88. The first-order valence-electron chi connectivity index (χ1n) is 7.02. The zero-order chi connectivity index (χ0) is 14.8. The summed E-state index contributed by atoms with van der Waals surface area (Å²) in [7, 11) is -6.01. The first-order chi connectivity index (χ1) is 7.62. The first-order valence-corrected chi connectivity index (χ1v) is 20.1. The van der Waals surface area contributed by atoms with Gasteiger partial charge in [-0.15, -0.1) is 0 Å². The molecule has 110 valence electrons. The number of rotatable bonds is 7. The lowest BCUT2D eigenvalue weighted by molar-refractivity contribution is 0.386. The molecule has 6 heteroatoms. The molecule has 0 aliphatic rings. The lowest BCUT2D eigenvalue weighted by Gasteiger charge is -2.39. The largest absolute Gasteiger partial charge is 0.437 e. The van der Waals surface area contributed by atoms with E-state index in [-0.39, 0.29) is 0 Å². The molecule has 0 radical (unpaired) electrons. The minimum absolute atomic E-state index is 1.01. The van der Waals surface area contributed by atoms with Gasteiger partial charge in [0.15, 0.2) is 16.6 Å². The highest BCUT2D eigenvalue weighted by Crippen LogP contribution is 2.28. The Morgan fingerprint density at radius 2 is 0.889 bits per heavy atom. The smallest absolute Gasteiger partial charge is 0.314 e. The molecule has 0 unspecified atom stereocenters. The Hall–Kier alpha value is 0.788. The van der Waals surface area contributed by atoms with Crippen LogP contribution in [-0.4, -0.2) is 33.3 Å². The number of hydrogen-bond acceptors (Lipinski definition) is 2. The molecule has 0 spiro atoms. The van der Waals surface area contributed by atoms with Crippen LogP contribution < -0.4 is 0 Å². The summed E-state index contributed by atoms with van der Waals surface area (Å²) < 4.78 is 13.0. The highest BCUT2D eigenvalue weighted by Gasteiger charge is 2.40. The minimum atomic E-state index is -1.97. The molecule has 0 fully saturated rings. The average molecular weight is 323 g/mol. The maximum absolute atomic E-state index is 6.51. The van der Waals surface area contributed by atoms with Crippen molar-refractivity contribution in [3.8, 4) is 0 Å². The van der Waals surface area contributed by atoms with Crippen molar-refractivity contribution in [2.75, 3.05) is 0 Å². The van der Waals surface area contributed by atoms with Gasteiger partial charge in [-0.25, -0.2) is 0 Å². The van der Waals surface area contributed by atoms with Gasteiger partial charge in [0.05, 0.1) is 0 Å². The van der Waals surface area contributed by atoms with Crippen molar-refractivity contribution < 1.29 is 8.23 Å². The molecular formula is C12H34O2Si4. The quantitative estimate of drug-likeness (QED) is 0.607. The summed E-state index contributed by atoms with van der Waals surface area (Å²) in [6.45, 7) is 23.3. The van der Waals surface area contributed by atoms with Gasteiger partial charge < -0.3 is 8.23 Å². The van der Waals surface area contributed by atoms with E-state index in [1.54, 1.807) is 0 Å². The van der Waals surface area contributed by atoms with Crippen LogP contribution in [0.4, 0.5) is 0 Å². The summed E-state index contributed by atoms with van der Waals surface area (Å²) in [6.07, 6.45) is 0. The Morgan fingerprint density at radius 1 is 0.556 bits per heavy atom. The molecule has 0 saturated heterocycles. The van der Waals surface area contributed by atoms with Crippen LogP contribution in [0.1, 0.15) is 0 Å². The van der Waals surface area contributed by atoms with Crippen LogP contribution in [0.3, 0.4) is 0 Å². The van der Waals surface area contributed by atoms with Gasteiger partial charge in [-0.2, -0.15) is 0 Å². The maximum Gasteiger partial charge on any atom is 0.314 e. The summed E-state index contributed by atoms with van der Waals surface area (Å²) in [5, 5.41) is 0. The van der Waals surface area contributed by atoms with Crippen LogP contribution in [0.2, 0.25) is 77.6 Å². The zero-order valence-corrected chi connectivity index (χ0v) is 18.2. The number of hydrogen-bond donors (Lipinski definition) is 0. The van der Waals surface area contributed by atoms with E-state index in [0.29, 0.717) is 0 Å². The van der Waals surface area contributed by atoms with Gasteiger partial charge in [-0.1, -0.05) is 25.7 Å². The monoisotopic (exact) mass is 322 g/mol. The summed E-state index contributed by atoms with van der Waals surface area (Å²) in [4.78, 5) is 0. The van der Waals surface area contributed by atoms with Gasteiger partial charge in [0.25, 0.3) is 0 Å². The van der Waals surface area contributed by atoms with E-state index in [0.717, 1.165) is 0 Å². The standard InChI is InChI=1S/C12H34O2Si4/c1-15(2,3)11-12-18(10,13-16(4,5)6)14-17(7,8)9/h11-12H2,1-10H3. The van der Waals surface area contributed by atoms with Crippen LogP contribution in [0, 0.1) is 0 Å².